The number of aromatic nitrogens is 2. The summed E-state index contributed by atoms with van der Waals surface area (Å²) in [7, 11) is 1.67. The van der Waals surface area contributed by atoms with Gasteiger partial charge < -0.3 is 14.1 Å². The van der Waals surface area contributed by atoms with Crippen molar-refractivity contribution >= 4 is 17.2 Å². The quantitative estimate of drug-likeness (QED) is 0.671. The Balaban J connectivity index is 1.34. The predicted octanol–water partition coefficient (Wildman–Crippen LogP) is 3.75. The second-order valence-corrected chi connectivity index (χ2v) is 7.70. The van der Waals surface area contributed by atoms with Crippen LogP contribution >= 0.6 is 11.3 Å². The van der Waals surface area contributed by atoms with Crippen LogP contribution in [0.3, 0.4) is 0 Å². The monoisotopic (exact) mass is 383 g/mol. The number of carbonyl (C=O) groups excluding carboxylic acids is 1. The Kier molecular flexibility index (Phi) is 5.20. The van der Waals surface area contributed by atoms with Gasteiger partial charge in [-0.1, -0.05) is 12.1 Å². The summed E-state index contributed by atoms with van der Waals surface area (Å²) in [5.74, 6) is 1.60. The van der Waals surface area contributed by atoms with E-state index in [9.17, 15) is 4.79 Å². The van der Waals surface area contributed by atoms with Gasteiger partial charge in [0.05, 0.1) is 13.4 Å². The molecule has 27 heavy (non-hydrogen) atoms. The molecule has 0 saturated carbocycles. The largest absolute Gasteiger partial charge is 0.497 e. The molecule has 4 rings (SSSR count). The molecule has 0 radical (unpaired) electrons. The molecule has 0 bridgehead atoms. The van der Waals surface area contributed by atoms with Crippen LogP contribution in [0.4, 0.5) is 0 Å². The fourth-order valence-electron chi connectivity index (χ4n) is 3.31. The number of methoxy groups -OCH3 is 1. The van der Waals surface area contributed by atoms with Crippen LogP contribution in [0.5, 0.6) is 5.75 Å². The summed E-state index contributed by atoms with van der Waals surface area (Å²) >= 11 is 1.68. The average Bonchev–Trinajstić information content (AvgIpc) is 3.41. The van der Waals surface area contributed by atoms with E-state index in [4.69, 9.17) is 9.15 Å². The molecule has 0 atom stereocenters. The van der Waals surface area contributed by atoms with Crippen LogP contribution < -0.4 is 4.74 Å². The summed E-state index contributed by atoms with van der Waals surface area (Å²) in [6, 6.07) is 11.5. The summed E-state index contributed by atoms with van der Waals surface area (Å²) in [5.41, 5.74) is 1.19. The number of hydrogen-bond donors (Lipinski definition) is 0. The van der Waals surface area contributed by atoms with Crippen molar-refractivity contribution in [2.24, 2.45) is 0 Å². The number of likely N-dealkylation sites (tertiary alicyclic amines) is 1. The Morgan fingerprint density at radius 1 is 1.22 bits per heavy atom. The van der Waals surface area contributed by atoms with E-state index < -0.39 is 0 Å². The number of hydrogen-bond acceptors (Lipinski definition) is 6. The van der Waals surface area contributed by atoms with Gasteiger partial charge >= 0.3 is 0 Å². The van der Waals surface area contributed by atoms with Crippen LogP contribution in [0, 0.1) is 0 Å². The number of furan rings is 1. The van der Waals surface area contributed by atoms with Gasteiger partial charge in [-0.25, -0.2) is 0 Å². The van der Waals surface area contributed by atoms with Crippen molar-refractivity contribution < 1.29 is 13.9 Å². The van der Waals surface area contributed by atoms with E-state index in [0.29, 0.717) is 11.7 Å². The normalized spacial score (nSPS) is 15.1. The molecular weight excluding hydrogens is 362 g/mol. The molecule has 140 valence electrons. The third kappa shape index (κ3) is 4.03. The summed E-state index contributed by atoms with van der Waals surface area (Å²) in [4.78, 5) is 14.2. The molecule has 1 aliphatic heterocycles. The van der Waals surface area contributed by atoms with Crippen molar-refractivity contribution in [2.75, 3.05) is 20.2 Å². The number of amides is 1. The average molecular weight is 383 g/mol. The molecule has 1 saturated heterocycles. The molecule has 0 N–H and O–H groups in total. The van der Waals surface area contributed by atoms with Crippen LogP contribution in [0.25, 0.3) is 0 Å². The summed E-state index contributed by atoms with van der Waals surface area (Å²) in [5, 5.41) is 10.9. The maximum Gasteiger partial charge on any atom is 0.289 e. The van der Waals surface area contributed by atoms with Gasteiger partial charge in [-0.05, 0) is 42.7 Å². The highest BCUT2D eigenvalue weighted by Crippen LogP contribution is 2.31. The molecule has 3 aromatic rings. The van der Waals surface area contributed by atoms with Gasteiger partial charge in [0.1, 0.15) is 15.8 Å². The highest BCUT2D eigenvalue weighted by molar-refractivity contribution is 7.11. The van der Waals surface area contributed by atoms with E-state index in [1.54, 1.807) is 30.6 Å². The molecule has 2 aromatic heterocycles. The van der Waals surface area contributed by atoms with Gasteiger partial charge in [-0.2, -0.15) is 0 Å². The number of carbonyl (C=O) groups is 1. The highest BCUT2D eigenvalue weighted by atomic mass is 32.1. The highest BCUT2D eigenvalue weighted by Gasteiger charge is 2.27. The van der Waals surface area contributed by atoms with Crippen molar-refractivity contribution in [3.05, 3.63) is 64.0 Å². The number of piperidine rings is 1. The number of nitrogens with zero attached hydrogens (tertiary/aromatic N) is 3. The molecule has 1 aliphatic rings. The van der Waals surface area contributed by atoms with E-state index in [2.05, 4.69) is 22.3 Å². The Morgan fingerprint density at radius 3 is 2.67 bits per heavy atom. The Morgan fingerprint density at radius 2 is 2.00 bits per heavy atom. The zero-order valence-corrected chi connectivity index (χ0v) is 15.9. The summed E-state index contributed by atoms with van der Waals surface area (Å²) in [6.45, 7) is 1.44. The first-order valence-electron chi connectivity index (χ1n) is 9.01. The molecule has 0 unspecified atom stereocenters. The molecule has 1 aromatic carbocycles. The van der Waals surface area contributed by atoms with Gasteiger partial charge in [0, 0.05) is 25.4 Å². The smallest absolute Gasteiger partial charge is 0.289 e. The van der Waals surface area contributed by atoms with Crippen LogP contribution in [0.15, 0.2) is 47.1 Å². The Bertz CT molecular complexity index is 882. The molecular formula is C20H21N3O3S. The van der Waals surface area contributed by atoms with Gasteiger partial charge in [0.2, 0.25) is 0 Å². The lowest BCUT2D eigenvalue weighted by molar-refractivity contribution is 0.0680. The summed E-state index contributed by atoms with van der Waals surface area (Å²) in [6.07, 6.45) is 4.12. The second kappa shape index (κ2) is 7.92. The zero-order valence-electron chi connectivity index (χ0n) is 15.1. The fraction of sp³-hybridized carbons (Fsp3) is 0.350. The van der Waals surface area contributed by atoms with Crippen molar-refractivity contribution in [1.29, 1.82) is 0 Å². The van der Waals surface area contributed by atoms with E-state index in [0.717, 1.165) is 48.1 Å². The molecule has 3 heterocycles. The number of ether oxygens (including phenoxy) is 1. The van der Waals surface area contributed by atoms with Crippen LogP contribution in [-0.4, -0.2) is 41.2 Å². The van der Waals surface area contributed by atoms with Crippen LogP contribution in [-0.2, 0) is 6.42 Å². The molecule has 1 fully saturated rings. The lowest BCUT2D eigenvalue weighted by atomic mass is 9.97. The maximum atomic E-state index is 12.4. The minimum Gasteiger partial charge on any atom is -0.497 e. The van der Waals surface area contributed by atoms with Gasteiger partial charge in [-0.3, -0.25) is 4.79 Å². The molecule has 1 amide bonds. The molecule has 0 aliphatic carbocycles. The van der Waals surface area contributed by atoms with Crippen molar-refractivity contribution in [2.45, 2.75) is 25.2 Å². The zero-order chi connectivity index (χ0) is 18.6. The maximum absolute atomic E-state index is 12.4. The van der Waals surface area contributed by atoms with Crippen LogP contribution in [0.1, 0.15) is 44.9 Å². The number of rotatable bonds is 5. The van der Waals surface area contributed by atoms with Gasteiger partial charge in [0.25, 0.3) is 5.91 Å². The number of benzene rings is 1. The third-order valence-corrected chi connectivity index (χ3v) is 5.95. The summed E-state index contributed by atoms with van der Waals surface area (Å²) < 4.78 is 10.4. The first kappa shape index (κ1) is 17.7. The molecule has 0 spiro atoms. The minimum atomic E-state index is -0.0316. The lowest BCUT2D eigenvalue weighted by Crippen LogP contribution is -2.37. The minimum absolute atomic E-state index is 0.0316. The first-order chi connectivity index (χ1) is 13.2. The predicted molar refractivity (Wildman–Crippen MR) is 102 cm³/mol. The topological polar surface area (TPSA) is 68.5 Å². The van der Waals surface area contributed by atoms with Crippen molar-refractivity contribution in [1.82, 2.24) is 15.1 Å². The van der Waals surface area contributed by atoms with E-state index in [1.807, 2.05) is 17.0 Å². The van der Waals surface area contributed by atoms with Gasteiger partial charge in [0.15, 0.2) is 5.76 Å². The third-order valence-electron chi connectivity index (χ3n) is 4.86. The Labute approximate surface area is 161 Å². The van der Waals surface area contributed by atoms with E-state index in [1.165, 1.54) is 11.8 Å². The van der Waals surface area contributed by atoms with Gasteiger partial charge in [-0.15, -0.1) is 21.5 Å². The Hall–Kier alpha value is -2.67. The molecule has 6 nitrogen and oxygen atoms in total. The lowest BCUT2D eigenvalue weighted by Gasteiger charge is -2.30. The van der Waals surface area contributed by atoms with E-state index >= 15 is 0 Å². The SMILES string of the molecule is COc1ccc(Cc2nnc(C3CCN(C(=O)c4ccco4)CC3)s2)cc1. The van der Waals surface area contributed by atoms with Crippen molar-refractivity contribution in [3.63, 3.8) is 0 Å². The van der Waals surface area contributed by atoms with E-state index in [-0.39, 0.29) is 5.91 Å². The standard InChI is InChI=1S/C20H21N3O3S/c1-25-16-6-4-14(5-7-16)13-18-21-22-19(27-18)15-8-10-23(11-9-15)20(24)17-3-2-12-26-17/h2-7,12,15H,8-11,13H2,1H3. The first-order valence-corrected chi connectivity index (χ1v) is 9.82. The van der Waals surface area contributed by atoms with Crippen molar-refractivity contribution in [3.8, 4) is 5.75 Å². The van der Waals surface area contributed by atoms with Crippen LogP contribution in [0.2, 0.25) is 0 Å². The fourth-order valence-corrected chi connectivity index (χ4v) is 4.35. The second-order valence-electron chi connectivity index (χ2n) is 6.60. The molecule has 7 heteroatoms.